The second kappa shape index (κ2) is 4.13. The predicted molar refractivity (Wildman–Crippen MR) is 48.0 cm³/mol. The molecule has 0 saturated carbocycles. The topological polar surface area (TPSA) is 37.3 Å². The summed E-state index contributed by atoms with van der Waals surface area (Å²) in [6.07, 6.45) is 0. The Bertz CT molecular complexity index is 115. The van der Waals surface area contributed by atoms with Crippen LogP contribution in [0.2, 0.25) is 0 Å². The number of carbonyl (C=O) groups is 1. The van der Waals surface area contributed by atoms with E-state index in [1.807, 2.05) is 0 Å². The SMILES string of the molecule is CC(S)C(C(=O)O)C(C)S. The molecule has 0 spiro atoms. The van der Waals surface area contributed by atoms with E-state index in [0.29, 0.717) is 0 Å². The number of hydrogen-bond donors (Lipinski definition) is 3. The van der Waals surface area contributed by atoms with E-state index in [1.165, 1.54) is 0 Å². The van der Waals surface area contributed by atoms with E-state index in [-0.39, 0.29) is 10.5 Å². The molecule has 0 fully saturated rings. The number of rotatable bonds is 3. The molecular weight excluding hydrogens is 168 g/mol. The van der Waals surface area contributed by atoms with Crippen LogP contribution in [0.15, 0.2) is 0 Å². The minimum Gasteiger partial charge on any atom is -0.481 e. The summed E-state index contributed by atoms with van der Waals surface area (Å²) in [4.78, 5) is 10.5. The highest BCUT2D eigenvalue weighted by Gasteiger charge is 2.25. The molecule has 0 aromatic heterocycles. The van der Waals surface area contributed by atoms with Gasteiger partial charge in [0.25, 0.3) is 0 Å². The fourth-order valence-corrected chi connectivity index (χ4v) is 1.72. The van der Waals surface area contributed by atoms with Gasteiger partial charge in [-0.15, -0.1) is 0 Å². The first-order chi connectivity index (χ1) is 4.46. The maximum absolute atomic E-state index is 10.5. The van der Waals surface area contributed by atoms with Crippen LogP contribution in [0.25, 0.3) is 0 Å². The molecule has 60 valence electrons. The van der Waals surface area contributed by atoms with Crippen molar-refractivity contribution in [1.82, 2.24) is 0 Å². The van der Waals surface area contributed by atoms with Crippen molar-refractivity contribution in [2.75, 3.05) is 0 Å². The first kappa shape index (κ1) is 10.2. The Morgan fingerprint density at radius 2 is 1.60 bits per heavy atom. The highest BCUT2D eigenvalue weighted by atomic mass is 32.1. The van der Waals surface area contributed by atoms with Gasteiger partial charge in [-0.05, 0) is 0 Å². The third-order valence-corrected chi connectivity index (χ3v) is 1.97. The van der Waals surface area contributed by atoms with Gasteiger partial charge in [-0.25, -0.2) is 0 Å². The standard InChI is InChI=1S/C6H12O2S2/c1-3(9)5(4(2)10)6(7)8/h3-5,9-10H,1-2H3,(H,7,8). The number of aliphatic carboxylic acids is 1. The van der Waals surface area contributed by atoms with Crippen molar-refractivity contribution in [2.45, 2.75) is 24.3 Å². The van der Waals surface area contributed by atoms with Crippen molar-refractivity contribution in [3.05, 3.63) is 0 Å². The lowest BCUT2D eigenvalue weighted by Crippen LogP contribution is -2.29. The molecule has 0 aromatic carbocycles. The molecule has 10 heavy (non-hydrogen) atoms. The Kier molecular flexibility index (Phi) is 4.20. The Hall–Kier alpha value is 0.170. The zero-order valence-electron chi connectivity index (χ0n) is 5.98. The highest BCUT2D eigenvalue weighted by molar-refractivity contribution is 7.82. The molecule has 0 bridgehead atoms. The lowest BCUT2D eigenvalue weighted by atomic mass is 10.0. The maximum Gasteiger partial charge on any atom is 0.308 e. The molecule has 2 nitrogen and oxygen atoms in total. The Morgan fingerprint density at radius 3 is 1.60 bits per heavy atom. The summed E-state index contributed by atoms with van der Waals surface area (Å²) >= 11 is 8.08. The minimum absolute atomic E-state index is 0.148. The molecule has 0 aliphatic rings. The second-order valence-electron chi connectivity index (χ2n) is 2.35. The van der Waals surface area contributed by atoms with Gasteiger partial charge >= 0.3 is 5.97 Å². The summed E-state index contributed by atoms with van der Waals surface area (Å²) in [5, 5.41) is 8.32. The van der Waals surface area contributed by atoms with Gasteiger partial charge in [-0.1, -0.05) is 13.8 Å². The van der Waals surface area contributed by atoms with Gasteiger partial charge in [-0.3, -0.25) is 4.79 Å². The molecule has 0 amide bonds. The van der Waals surface area contributed by atoms with Crippen molar-refractivity contribution in [3.8, 4) is 0 Å². The van der Waals surface area contributed by atoms with Gasteiger partial charge in [0.05, 0.1) is 5.92 Å². The number of thiol groups is 2. The number of carboxylic acid groups (broad SMARTS) is 1. The summed E-state index contributed by atoms with van der Waals surface area (Å²) in [6, 6.07) is 0. The molecule has 0 aliphatic carbocycles. The third-order valence-electron chi connectivity index (χ3n) is 1.32. The summed E-state index contributed by atoms with van der Waals surface area (Å²) in [5.41, 5.74) is 0. The quantitative estimate of drug-likeness (QED) is 0.573. The van der Waals surface area contributed by atoms with E-state index >= 15 is 0 Å². The van der Waals surface area contributed by atoms with Gasteiger partial charge in [-0.2, -0.15) is 25.3 Å². The fraction of sp³-hybridized carbons (Fsp3) is 0.833. The molecule has 4 heteroatoms. The minimum atomic E-state index is -0.829. The fourth-order valence-electron chi connectivity index (χ4n) is 0.816. The molecule has 0 radical (unpaired) electrons. The first-order valence-corrected chi connectivity index (χ1v) is 4.09. The first-order valence-electron chi connectivity index (χ1n) is 3.05. The normalized spacial score (nSPS) is 19.6. The van der Waals surface area contributed by atoms with Gasteiger partial charge < -0.3 is 5.11 Å². The third kappa shape index (κ3) is 2.84. The average Bonchev–Trinajstić information content (AvgIpc) is 1.59. The van der Waals surface area contributed by atoms with Crippen LogP contribution >= 0.6 is 25.3 Å². The van der Waals surface area contributed by atoms with Crippen molar-refractivity contribution in [1.29, 1.82) is 0 Å². The second-order valence-corrected chi connectivity index (χ2v) is 3.97. The lowest BCUT2D eigenvalue weighted by Gasteiger charge is -2.17. The van der Waals surface area contributed by atoms with Gasteiger partial charge in [0, 0.05) is 10.5 Å². The molecule has 0 aliphatic heterocycles. The largest absolute Gasteiger partial charge is 0.481 e. The molecule has 0 aromatic rings. The van der Waals surface area contributed by atoms with Gasteiger partial charge in [0.15, 0.2) is 0 Å². The van der Waals surface area contributed by atoms with Crippen LogP contribution in [-0.2, 0) is 4.79 Å². The zero-order chi connectivity index (χ0) is 8.31. The summed E-state index contributed by atoms with van der Waals surface area (Å²) in [5.74, 6) is -1.29. The van der Waals surface area contributed by atoms with E-state index in [9.17, 15) is 4.79 Å². The van der Waals surface area contributed by atoms with E-state index in [4.69, 9.17) is 5.11 Å². The Labute approximate surface area is 71.8 Å². The maximum atomic E-state index is 10.5. The van der Waals surface area contributed by atoms with Crippen LogP contribution in [0.4, 0.5) is 0 Å². The van der Waals surface area contributed by atoms with Crippen LogP contribution in [-0.4, -0.2) is 21.6 Å². The highest BCUT2D eigenvalue weighted by Crippen LogP contribution is 2.18. The number of carboxylic acids is 1. The van der Waals surface area contributed by atoms with Crippen LogP contribution in [0.1, 0.15) is 13.8 Å². The molecule has 2 atom stereocenters. The van der Waals surface area contributed by atoms with Crippen molar-refractivity contribution in [2.24, 2.45) is 5.92 Å². The van der Waals surface area contributed by atoms with Crippen molar-refractivity contribution < 1.29 is 9.90 Å². The van der Waals surface area contributed by atoms with Gasteiger partial charge in [0.1, 0.15) is 0 Å². The van der Waals surface area contributed by atoms with Crippen LogP contribution in [0, 0.1) is 5.92 Å². The van der Waals surface area contributed by atoms with E-state index in [1.54, 1.807) is 13.8 Å². The smallest absolute Gasteiger partial charge is 0.308 e. The van der Waals surface area contributed by atoms with Gasteiger partial charge in [0.2, 0.25) is 0 Å². The summed E-state index contributed by atoms with van der Waals surface area (Å²) < 4.78 is 0. The Balaban J connectivity index is 4.12. The van der Waals surface area contributed by atoms with Crippen molar-refractivity contribution in [3.63, 3.8) is 0 Å². The molecule has 2 unspecified atom stereocenters. The molecule has 0 heterocycles. The molecule has 0 rings (SSSR count). The summed E-state index contributed by atoms with van der Waals surface area (Å²) in [7, 11) is 0. The monoisotopic (exact) mass is 180 g/mol. The predicted octanol–water partition coefficient (Wildman–Crippen LogP) is 1.32. The lowest BCUT2D eigenvalue weighted by molar-refractivity contribution is -0.141. The van der Waals surface area contributed by atoms with E-state index < -0.39 is 11.9 Å². The Morgan fingerprint density at radius 1 is 1.30 bits per heavy atom. The van der Waals surface area contributed by atoms with E-state index in [0.717, 1.165) is 0 Å². The van der Waals surface area contributed by atoms with Crippen LogP contribution in [0.5, 0.6) is 0 Å². The number of hydrogen-bond acceptors (Lipinski definition) is 3. The molecular formula is C6H12O2S2. The van der Waals surface area contributed by atoms with Crippen molar-refractivity contribution >= 4 is 31.2 Å². The average molecular weight is 180 g/mol. The van der Waals surface area contributed by atoms with Crippen LogP contribution < -0.4 is 0 Å². The summed E-state index contributed by atoms with van der Waals surface area (Å²) in [6.45, 7) is 3.52. The zero-order valence-corrected chi connectivity index (χ0v) is 7.77. The molecule has 0 saturated heterocycles. The molecule has 1 N–H and O–H groups in total. The van der Waals surface area contributed by atoms with E-state index in [2.05, 4.69) is 25.3 Å². The van der Waals surface area contributed by atoms with Crippen LogP contribution in [0.3, 0.4) is 0 Å².